The molecule has 53 heavy (non-hydrogen) atoms. The third-order valence-corrected chi connectivity index (χ3v) is 12.5. The fraction of sp³-hybridized carbons (Fsp3) is 0.550. The monoisotopic (exact) mass is 732 g/mol. The highest BCUT2D eigenvalue weighted by Gasteiger charge is 2.86. The van der Waals surface area contributed by atoms with Crippen molar-refractivity contribution in [3.8, 4) is 0 Å². The van der Waals surface area contributed by atoms with Crippen molar-refractivity contribution in [1.82, 2.24) is 0 Å². The van der Waals surface area contributed by atoms with Gasteiger partial charge in [0, 0.05) is 38.5 Å². The first-order valence-corrected chi connectivity index (χ1v) is 17.9. The molecule has 2 aromatic carbocycles. The number of esters is 5. The zero-order valence-corrected chi connectivity index (χ0v) is 30.4. The van der Waals surface area contributed by atoms with Crippen LogP contribution in [0.5, 0.6) is 0 Å². The summed E-state index contributed by atoms with van der Waals surface area (Å²) in [5.41, 5.74) is -6.53. The summed E-state index contributed by atoms with van der Waals surface area (Å²) in [7, 11) is 0. The molecule has 282 valence electrons. The third kappa shape index (κ3) is 5.48. The van der Waals surface area contributed by atoms with Crippen LogP contribution in [-0.2, 0) is 47.6 Å². The largest absolute Gasteiger partial charge is 0.462 e. The van der Waals surface area contributed by atoms with Gasteiger partial charge in [0.15, 0.2) is 18.0 Å². The summed E-state index contributed by atoms with van der Waals surface area (Å²) in [5, 5.41) is 13.2. The average molecular weight is 733 g/mol. The third-order valence-electron chi connectivity index (χ3n) is 12.5. The first-order valence-electron chi connectivity index (χ1n) is 17.9. The molecule has 1 saturated heterocycles. The van der Waals surface area contributed by atoms with Gasteiger partial charge in [-0.15, -0.1) is 0 Å². The van der Waals surface area contributed by atoms with Gasteiger partial charge in [-0.25, -0.2) is 9.59 Å². The van der Waals surface area contributed by atoms with E-state index in [0.717, 1.165) is 6.92 Å². The summed E-state index contributed by atoms with van der Waals surface area (Å²) in [6, 6.07) is 16.3. The summed E-state index contributed by atoms with van der Waals surface area (Å²) in [6.07, 6.45) is -5.57. The van der Waals surface area contributed by atoms with E-state index in [9.17, 15) is 29.1 Å². The molecule has 4 aliphatic carbocycles. The number of benzene rings is 2. The second kappa shape index (κ2) is 12.8. The van der Waals surface area contributed by atoms with Gasteiger partial charge in [-0.05, 0) is 56.9 Å². The van der Waals surface area contributed by atoms with Crippen molar-refractivity contribution >= 4 is 35.6 Å². The summed E-state index contributed by atoms with van der Waals surface area (Å²) in [5.74, 6) is -8.69. The molecule has 0 aromatic heterocycles. The van der Waals surface area contributed by atoms with Gasteiger partial charge in [0.05, 0.1) is 29.1 Å². The number of ether oxygens (including phenoxy) is 6. The number of hydrogen-bond acceptors (Lipinski definition) is 13. The van der Waals surface area contributed by atoms with E-state index in [1.165, 1.54) is 13.8 Å². The first-order chi connectivity index (χ1) is 25.0. The van der Waals surface area contributed by atoms with Crippen LogP contribution in [0.1, 0.15) is 75.1 Å². The van der Waals surface area contributed by atoms with Crippen LogP contribution in [0, 0.1) is 35.0 Å². The van der Waals surface area contributed by atoms with E-state index in [-0.39, 0.29) is 24.0 Å². The van der Waals surface area contributed by atoms with Gasteiger partial charge in [-0.3, -0.25) is 19.2 Å². The fourth-order valence-corrected chi connectivity index (χ4v) is 10.9. The molecule has 1 N–H and O–H groups in total. The normalized spacial score (nSPS) is 40.6. The van der Waals surface area contributed by atoms with Crippen LogP contribution >= 0.6 is 0 Å². The van der Waals surface area contributed by atoms with Crippen LogP contribution in [0.15, 0.2) is 60.7 Å². The molecule has 0 radical (unpaired) electrons. The Balaban J connectivity index is 1.47. The highest BCUT2D eigenvalue weighted by Crippen LogP contribution is 2.72. The molecule has 0 unspecified atom stereocenters. The summed E-state index contributed by atoms with van der Waals surface area (Å²) >= 11 is 0. The molecular weight excluding hydrogens is 688 g/mol. The van der Waals surface area contributed by atoms with E-state index in [2.05, 4.69) is 0 Å². The minimum Gasteiger partial charge on any atom is -0.462 e. The van der Waals surface area contributed by atoms with Gasteiger partial charge in [0.2, 0.25) is 0 Å². The molecule has 0 amide bonds. The van der Waals surface area contributed by atoms with Crippen LogP contribution < -0.4 is 0 Å². The Morgan fingerprint density at radius 3 is 1.87 bits per heavy atom. The van der Waals surface area contributed by atoms with Gasteiger partial charge >= 0.3 is 29.8 Å². The van der Waals surface area contributed by atoms with Crippen molar-refractivity contribution in [1.29, 1.82) is 0 Å². The Morgan fingerprint density at radius 1 is 0.755 bits per heavy atom. The maximum atomic E-state index is 15.5. The minimum atomic E-state index is -2.10. The molecule has 2 bridgehead atoms. The van der Waals surface area contributed by atoms with Gasteiger partial charge in [0.1, 0.15) is 29.0 Å². The fourth-order valence-electron chi connectivity index (χ4n) is 10.9. The van der Waals surface area contributed by atoms with Crippen LogP contribution in [0.4, 0.5) is 0 Å². The van der Waals surface area contributed by atoms with Crippen molar-refractivity contribution in [2.45, 2.75) is 95.6 Å². The zero-order chi connectivity index (χ0) is 38.2. The molecule has 5 aliphatic rings. The molecule has 1 aliphatic heterocycles. The summed E-state index contributed by atoms with van der Waals surface area (Å²) in [4.78, 5) is 81.6. The number of fused-ring (bicyclic) bond motifs is 2. The number of Topliss-reactive ketones (excluding diaryl/α,β-unsaturated/α-hetero) is 1. The van der Waals surface area contributed by atoms with E-state index in [1.54, 1.807) is 81.4 Å². The van der Waals surface area contributed by atoms with Crippen molar-refractivity contribution in [3.05, 3.63) is 71.8 Å². The van der Waals surface area contributed by atoms with Crippen LogP contribution in [0.25, 0.3) is 0 Å². The predicted molar refractivity (Wildman–Crippen MR) is 182 cm³/mol. The molecule has 13 heteroatoms. The van der Waals surface area contributed by atoms with Crippen LogP contribution in [0.2, 0.25) is 0 Å². The Kier molecular flexibility index (Phi) is 8.84. The SMILES string of the molecule is CC(=O)O[C@@H]1[C@@H]2[C@@H](OC(C)=O)[C@@]34CO[C@@](C)([C@@H](OC(=O)c5ccccc5)[C@@]2(O)C[C@@H]1C)[C@@H]3[C@@H]1[C@@H](C[C@]1(C)OC(C)=O)[C@@H](OC(=O)c1ccccc1)C4=O. The second-order valence-electron chi connectivity index (χ2n) is 15.8. The molecule has 13 nitrogen and oxygen atoms in total. The molecule has 1 heterocycles. The molecule has 13 atom stereocenters. The Hall–Kier alpha value is -4.62. The van der Waals surface area contributed by atoms with E-state index >= 15 is 4.79 Å². The molecule has 0 spiro atoms. The molecule has 4 saturated carbocycles. The maximum absolute atomic E-state index is 15.5. The number of hydrogen-bond donors (Lipinski definition) is 1. The quantitative estimate of drug-likeness (QED) is 0.323. The predicted octanol–water partition coefficient (Wildman–Crippen LogP) is 3.63. The van der Waals surface area contributed by atoms with Crippen molar-refractivity contribution in [2.75, 3.05) is 6.61 Å². The molecule has 7 rings (SSSR count). The lowest BCUT2D eigenvalue weighted by molar-refractivity contribution is -0.255. The van der Waals surface area contributed by atoms with Crippen LogP contribution in [-0.4, -0.2) is 88.6 Å². The summed E-state index contributed by atoms with van der Waals surface area (Å²) in [6.45, 7) is 8.33. The van der Waals surface area contributed by atoms with Crippen molar-refractivity contribution in [3.63, 3.8) is 0 Å². The maximum Gasteiger partial charge on any atom is 0.338 e. The van der Waals surface area contributed by atoms with E-state index in [1.807, 2.05) is 0 Å². The number of rotatable bonds is 7. The second-order valence-corrected chi connectivity index (χ2v) is 15.8. The Bertz CT molecular complexity index is 1850. The topological polar surface area (TPSA) is 178 Å². The zero-order valence-electron chi connectivity index (χ0n) is 30.4. The van der Waals surface area contributed by atoms with Crippen molar-refractivity contribution in [2.24, 2.45) is 35.0 Å². The number of carbonyl (C=O) groups excluding carboxylic acids is 6. The van der Waals surface area contributed by atoms with Gasteiger partial charge in [-0.2, -0.15) is 0 Å². The van der Waals surface area contributed by atoms with E-state index < -0.39 is 118 Å². The Morgan fingerprint density at radius 2 is 1.32 bits per heavy atom. The lowest BCUT2D eigenvalue weighted by Gasteiger charge is -2.64. The molecular formula is C40H44O13. The number of carbonyl (C=O) groups is 6. The van der Waals surface area contributed by atoms with Gasteiger partial charge < -0.3 is 33.5 Å². The first kappa shape index (κ1) is 36.7. The highest BCUT2D eigenvalue weighted by atomic mass is 16.6. The summed E-state index contributed by atoms with van der Waals surface area (Å²) < 4.78 is 37.2. The lowest BCUT2D eigenvalue weighted by Crippen LogP contribution is -2.75. The van der Waals surface area contributed by atoms with Gasteiger partial charge in [0.25, 0.3) is 0 Å². The Labute approximate surface area is 306 Å². The van der Waals surface area contributed by atoms with Crippen LogP contribution in [0.3, 0.4) is 0 Å². The van der Waals surface area contributed by atoms with Gasteiger partial charge in [-0.1, -0.05) is 43.3 Å². The number of aliphatic hydroxyl groups is 1. The average Bonchev–Trinajstić information content (AvgIpc) is 3.52. The highest BCUT2D eigenvalue weighted by molar-refractivity contribution is 5.97. The minimum absolute atomic E-state index is 0.0994. The van der Waals surface area contributed by atoms with E-state index in [4.69, 9.17) is 28.4 Å². The molecule has 2 aromatic rings. The van der Waals surface area contributed by atoms with Crippen molar-refractivity contribution < 1.29 is 62.3 Å². The standard InChI is InChI=1S/C40H44O13/c1-20-17-40(47)28(29(20)49-21(2)41)33(50-22(3)42)39-19-48-38(6,36(40)52-35(46)25-15-11-8-12-16-25)31(39)27-26(18-37(27,5)53-23(4)43)30(32(39)44)51-34(45)24-13-9-7-10-14-24/h7-16,20,26-31,33,36,47H,17-19H2,1-6H3/t20-,26+,27-,28+,29-,30+,31-,33+,36+,37-,38+,39-,40+/m0/s1. The number of ketones is 1. The molecule has 5 fully saturated rings. The van der Waals surface area contributed by atoms with E-state index in [0.29, 0.717) is 0 Å². The lowest BCUT2D eigenvalue weighted by atomic mass is 9.42. The smallest absolute Gasteiger partial charge is 0.338 e.